The molecule has 0 aromatic rings. The average molecular weight is 246 g/mol. The van der Waals surface area contributed by atoms with Gasteiger partial charge in [0.2, 0.25) is 5.91 Å². The summed E-state index contributed by atoms with van der Waals surface area (Å²) < 4.78 is 4.89. The third-order valence-corrected chi connectivity index (χ3v) is 2.62. The SMILES string of the molecule is COCCCNC(=O)CNC(CCO)C(C)C. The average Bonchev–Trinajstić information content (AvgIpc) is 2.29. The van der Waals surface area contributed by atoms with Crippen molar-refractivity contribution in [2.75, 3.05) is 33.4 Å². The van der Waals surface area contributed by atoms with Gasteiger partial charge in [-0.3, -0.25) is 4.79 Å². The maximum absolute atomic E-state index is 11.5. The van der Waals surface area contributed by atoms with E-state index >= 15 is 0 Å². The van der Waals surface area contributed by atoms with E-state index in [-0.39, 0.29) is 18.6 Å². The maximum Gasteiger partial charge on any atom is 0.233 e. The van der Waals surface area contributed by atoms with Gasteiger partial charge in [0.1, 0.15) is 0 Å². The van der Waals surface area contributed by atoms with Crippen molar-refractivity contribution in [3.8, 4) is 0 Å². The quantitative estimate of drug-likeness (QED) is 0.479. The van der Waals surface area contributed by atoms with Gasteiger partial charge in [0, 0.05) is 32.9 Å². The minimum Gasteiger partial charge on any atom is -0.396 e. The van der Waals surface area contributed by atoms with Crippen molar-refractivity contribution in [1.29, 1.82) is 0 Å². The van der Waals surface area contributed by atoms with Crippen LogP contribution in [-0.4, -0.2) is 50.5 Å². The number of aliphatic hydroxyl groups is 1. The van der Waals surface area contributed by atoms with Crippen LogP contribution in [0.5, 0.6) is 0 Å². The highest BCUT2D eigenvalue weighted by Crippen LogP contribution is 2.04. The molecule has 1 unspecified atom stereocenters. The summed E-state index contributed by atoms with van der Waals surface area (Å²) in [6.45, 7) is 5.89. The fourth-order valence-electron chi connectivity index (χ4n) is 1.54. The molecule has 0 aliphatic rings. The van der Waals surface area contributed by atoms with Crippen LogP contribution in [0.3, 0.4) is 0 Å². The molecule has 1 amide bonds. The van der Waals surface area contributed by atoms with Gasteiger partial charge in [-0.2, -0.15) is 0 Å². The van der Waals surface area contributed by atoms with Crippen LogP contribution in [-0.2, 0) is 9.53 Å². The first-order valence-electron chi connectivity index (χ1n) is 6.21. The highest BCUT2D eigenvalue weighted by atomic mass is 16.5. The number of hydrogen-bond acceptors (Lipinski definition) is 4. The number of methoxy groups -OCH3 is 1. The predicted molar refractivity (Wildman–Crippen MR) is 67.8 cm³/mol. The van der Waals surface area contributed by atoms with E-state index in [1.165, 1.54) is 0 Å². The van der Waals surface area contributed by atoms with Gasteiger partial charge < -0.3 is 20.5 Å². The third-order valence-electron chi connectivity index (χ3n) is 2.62. The van der Waals surface area contributed by atoms with E-state index in [1.807, 2.05) is 0 Å². The lowest BCUT2D eigenvalue weighted by Crippen LogP contribution is -2.42. The van der Waals surface area contributed by atoms with E-state index in [0.717, 1.165) is 6.42 Å². The Labute approximate surface area is 104 Å². The van der Waals surface area contributed by atoms with Crippen molar-refractivity contribution in [3.63, 3.8) is 0 Å². The van der Waals surface area contributed by atoms with Crippen LogP contribution in [0.1, 0.15) is 26.7 Å². The predicted octanol–water partition coefficient (Wildman–Crippen LogP) is 0.136. The molecule has 0 bridgehead atoms. The lowest BCUT2D eigenvalue weighted by atomic mass is 10.0. The topological polar surface area (TPSA) is 70.6 Å². The lowest BCUT2D eigenvalue weighted by molar-refractivity contribution is -0.120. The molecule has 0 saturated heterocycles. The summed E-state index contributed by atoms with van der Waals surface area (Å²) in [4.78, 5) is 11.5. The Morgan fingerprint density at radius 3 is 2.65 bits per heavy atom. The molecule has 0 aromatic heterocycles. The number of amides is 1. The van der Waals surface area contributed by atoms with Crippen LogP contribution in [0.2, 0.25) is 0 Å². The van der Waals surface area contributed by atoms with Crippen LogP contribution < -0.4 is 10.6 Å². The minimum absolute atomic E-state index is 0.00954. The molecule has 0 aliphatic carbocycles. The Morgan fingerprint density at radius 1 is 1.41 bits per heavy atom. The van der Waals surface area contributed by atoms with Crippen molar-refractivity contribution in [3.05, 3.63) is 0 Å². The molecule has 0 radical (unpaired) electrons. The molecule has 17 heavy (non-hydrogen) atoms. The second kappa shape index (κ2) is 10.5. The van der Waals surface area contributed by atoms with Crippen molar-refractivity contribution in [2.45, 2.75) is 32.7 Å². The fourth-order valence-corrected chi connectivity index (χ4v) is 1.54. The lowest BCUT2D eigenvalue weighted by Gasteiger charge is -2.21. The van der Waals surface area contributed by atoms with Crippen molar-refractivity contribution in [1.82, 2.24) is 10.6 Å². The number of nitrogens with one attached hydrogen (secondary N) is 2. The zero-order valence-corrected chi connectivity index (χ0v) is 11.2. The van der Waals surface area contributed by atoms with Crippen LogP contribution in [0.4, 0.5) is 0 Å². The van der Waals surface area contributed by atoms with E-state index in [1.54, 1.807) is 7.11 Å². The van der Waals surface area contributed by atoms with Gasteiger partial charge in [-0.05, 0) is 18.8 Å². The molecule has 102 valence electrons. The Balaban J connectivity index is 3.65. The summed E-state index contributed by atoms with van der Waals surface area (Å²) in [6.07, 6.45) is 1.50. The summed E-state index contributed by atoms with van der Waals surface area (Å²) in [7, 11) is 1.64. The van der Waals surface area contributed by atoms with Crippen molar-refractivity contribution < 1.29 is 14.6 Å². The van der Waals surface area contributed by atoms with Gasteiger partial charge in [-0.25, -0.2) is 0 Å². The number of hydrogen-bond donors (Lipinski definition) is 3. The summed E-state index contributed by atoms with van der Waals surface area (Å²) in [5.41, 5.74) is 0. The van der Waals surface area contributed by atoms with Crippen LogP contribution in [0.15, 0.2) is 0 Å². The maximum atomic E-state index is 11.5. The number of carbonyl (C=O) groups excluding carboxylic acids is 1. The molecule has 0 heterocycles. The molecule has 0 aliphatic heterocycles. The van der Waals surface area contributed by atoms with Gasteiger partial charge >= 0.3 is 0 Å². The Morgan fingerprint density at radius 2 is 2.12 bits per heavy atom. The number of rotatable bonds is 10. The van der Waals surface area contributed by atoms with Crippen molar-refractivity contribution in [2.24, 2.45) is 5.92 Å². The van der Waals surface area contributed by atoms with E-state index in [4.69, 9.17) is 9.84 Å². The zero-order valence-electron chi connectivity index (χ0n) is 11.2. The fraction of sp³-hybridized carbons (Fsp3) is 0.917. The summed E-state index contributed by atoms with van der Waals surface area (Å²) in [5, 5.41) is 14.9. The standard InChI is InChI=1S/C12H26N2O3/c1-10(2)11(5-7-15)14-9-12(16)13-6-4-8-17-3/h10-11,14-15H,4-9H2,1-3H3,(H,13,16). The molecule has 1 atom stereocenters. The third kappa shape index (κ3) is 9.09. The van der Waals surface area contributed by atoms with Crippen LogP contribution in [0, 0.1) is 5.92 Å². The zero-order chi connectivity index (χ0) is 13.1. The Kier molecular flexibility index (Phi) is 10.1. The molecule has 0 fully saturated rings. The van der Waals surface area contributed by atoms with Gasteiger partial charge in [-0.1, -0.05) is 13.8 Å². The molecule has 0 aromatic carbocycles. The van der Waals surface area contributed by atoms with E-state index in [0.29, 0.717) is 32.0 Å². The van der Waals surface area contributed by atoms with Crippen LogP contribution >= 0.6 is 0 Å². The first-order chi connectivity index (χ1) is 8.11. The summed E-state index contributed by atoms with van der Waals surface area (Å²) in [5.74, 6) is 0.396. The van der Waals surface area contributed by atoms with Gasteiger partial charge in [0.15, 0.2) is 0 Å². The molecule has 3 N–H and O–H groups in total. The Bertz CT molecular complexity index is 198. The second-order valence-electron chi connectivity index (χ2n) is 4.44. The number of aliphatic hydroxyl groups excluding tert-OH is 1. The number of carbonyl (C=O) groups is 1. The van der Waals surface area contributed by atoms with E-state index < -0.39 is 0 Å². The molecular formula is C12H26N2O3. The smallest absolute Gasteiger partial charge is 0.233 e. The van der Waals surface area contributed by atoms with Gasteiger partial charge in [-0.15, -0.1) is 0 Å². The summed E-state index contributed by atoms with van der Waals surface area (Å²) >= 11 is 0. The second-order valence-corrected chi connectivity index (χ2v) is 4.44. The minimum atomic E-state index is -0.00954. The monoisotopic (exact) mass is 246 g/mol. The summed E-state index contributed by atoms with van der Waals surface area (Å²) in [6, 6.07) is 0.185. The van der Waals surface area contributed by atoms with Gasteiger partial charge in [0.25, 0.3) is 0 Å². The number of ether oxygens (including phenoxy) is 1. The Hall–Kier alpha value is -0.650. The van der Waals surface area contributed by atoms with Crippen molar-refractivity contribution >= 4 is 5.91 Å². The van der Waals surface area contributed by atoms with Crippen LogP contribution in [0.25, 0.3) is 0 Å². The largest absolute Gasteiger partial charge is 0.396 e. The highest BCUT2D eigenvalue weighted by Gasteiger charge is 2.13. The highest BCUT2D eigenvalue weighted by molar-refractivity contribution is 5.77. The molecule has 5 heteroatoms. The van der Waals surface area contributed by atoms with E-state index in [2.05, 4.69) is 24.5 Å². The van der Waals surface area contributed by atoms with E-state index in [9.17, 15) is 4.79 Å². The molecular weight excluding hydrogens is 220 g/mol. The first-order valence-corrected chi connectivity index (χ1v) is 6.21. The van der Waals surface area contributed by atoms with Gasteiger partial charge in [0.05, 0.1) is 6.54 Å². The molecule has 0 spiro atoms. The normalized spacial score (nSPS) is 12.8. The molecule has 0 rings (SSSR count). The molecule has 0 saturated carbocycles. The first kappa shape index (κ1) is 16.4. The molecule has 5 nitrogen and oxygen atoms in total.